The van der Waals surface area contributed by atoms with Crippen LogP contribution in [-0.2, 0) is 0 Å². The number of aromatic nitrogens is 3. The predicted molar refractivity (Wildman–Crippen MR) is 276 cm³/mol. The second kappa shape index (κ2) is 16.7. The number of rotatable bonds is 8. The van der Waals surface area contributed by atoms with E-state index in [9.17, 15) is 0 Å². The Hall–Kier alpha value is -8.79. The Balaban J connectivity index is 1.01. The van der Waals surface area contributed by atoms with Crippen LogP contribution in [0.15, 0.2) is 249 Å². The fraction of sp³-hybridized carbons (Fsp3) is 0. The summed E-state index contributed by atoms with van der Waals surface area (Å²) >= 11 is 0. The van der Waals surface area contributed by atoms with Gasteiger partial charge in [0.2, 0.25) is 0 Å². The van der Waals surface area contributed by atoms with Crippen molar-refractivity contribution in [2.75, 3.05) is 0 Å². The average molecular weight is 840 g/mol. The molecule has 0 unspecified atom stereocenters. The van der Waals surface area contributed by atoms with Crippen LogP contribution in [-0.4, -0.2) is 15.0 Å². The van der Waals surface area contributed by atoms with Crippen LogP contribution in [0.25, 0.3) is 122 Å². The molecular formula is C63H41N3. The van der Waals surface area contributed by atoms with E-state index in [1.54, 1.807) is 0 Å². The first-order valence-corrected chi connectivity index (χ1v) is 22.4. The summed E-state index contributed by atoms with van der Waals surface area (Å²) in [5.74, 6) is 1.84. The molecule has 11 aromatic carbocycles. The van der Waals surface area contributed by atoms with E-state index in [0.29, 0.717) is 17.5 Å². The highest BCUT2D eigenvalue weighted by Gasteiger charge is 2.19. The lowest BCUT2D eigenvalue weighted by Crippen LogP contribution is -2.01. The Kier molecular flexibility index (Phi) is 9.85. The number of hydrogen-bond donors (Lipinski definition) is 0. The van der Waals surface area contributed by atoms with Crippen molar-refractivity contribution >= 4 is 32.3 Å². The Bertz CT molecular complexity index is 3740. The summed E-state index contributed by atoms with van der Waals surface area (Å²) < 4.78 is 0. The van der Waals surface area contributed by atoms with Crippen LogP contribution in [0.1, 0.15) is 0 Å². The van der Waals surface area contributed by atoms with Gasteiger partial charge >= 0.3 is 0 Å². The van der Waals surface area contributed by atoms with E-state index in [1.165, 1.54) is 60.1 Å². The summed E-state index contributed by atoms with van der Waals surface area (Å²) in [6, 6.07) is 88.4. The Morgan fingerprint density at radius 1 is 0.182 bits per heavy atom. The molecule has 0 aliphatic heterocycles. The number of hydrogen-bond acceptors (Lipinski definition) is 3. The minimum atomic E-state index is 0.610. The first kappa shape index (κ1) is 38.9. The van der Waals surface area contributed by atoms with Crippen molar-refractivity contribution in [2.45, 2.75) is 0 Å². The van der Waals surface area contributed by atoms with E-state index in [-0.39, 0.29) is 0 Å². The van der Waals surface area contributed by atoms with Gasteiger partial charge in [-0.2, -0.15) is 0 Å². The minimum Gasteiger partial charge on any atom is -0.208 e. The fourth-order valence-corrected chi connectivity index (χ4v) is 9.51. The molecule has 0 aliphatic carbocycles. The van der Waals surface area contributed by atoms with Gasteiger partial charge in [-0.05, 0) is 106 Å². The Morgan fingerprint density at radius 3 is 1.26 bits per heavy atom. The van der Waals surface area contributed by atoms with E-state index in [1.807, 2.05) is 0 Å². The molecule has 0 spiro atoms. The molecule has 0 radical (unpaired) electrons. The maximum Gasteiger partial charge on any atom is 0.164 e. The molecule has 1 heterocycles. The Labute approximate surface area is 384 Å². The van der Waals surface area contributed by atoms with E-state index in [2.05, 4.69) is 249 Å². The smallest absolute Gasteiger partial charge is 0.164 e. The SMILES string of the molecule is c1ccc(-c2cc3ccccc3cc2-c2ccc(-c3nc(-c4cccc(-c5ccc(-c6ccccc6)c6ccccc56)c4)nc(-c4ccccc4-c4cccc5ccccc45)n3)cc2)cc1. The molecule has 12 aromatic rings. The molecule has 0 atom stereocenters. The summed E-state index contributed by atoms with van der Waals surface area (Å²) in [7, 11) is 0. The van der Waals surface area contributed by atoms with Crippen LogP contribution in [0, 0.1) is 0 Å². The molecule has 0 amide bonds. The third-order valence-corrected chi connectivity index (χ3v) is 12.7. The fourth-order valence-electron chi connectivity index (χ4n) is 9.51. The van der Waals surface area contributed by atoms with Gasteiger partial charge in [-0.25, -0.2) is 15.0 Å². The van der Waals surface area contributed by atoms with E-state index in [4.69, 9.17) is 15.0 Å². The van der Waals surface area contributed by atoms with Gasteiger partial charge < -0.3 is 0 Å². The van der Waals surface area contributed by atoms with Crippen molar-refractivity contribution in [1.29, 1.82) is 0 Å². The van der Waals surface area contributed by atoms with Crippen molar-refractivity contribution in [3.8, 4) is 89.8 Å². The summed E-state index contributed by atoms with van der Waals surface area (Å²) in [4.78, 5) is 15.9. The maximum absolute atomic E-state index is 5.33. The second-order valence-electron chi connectivity index (χ2n) is 16.7. The first-order valence-electron chi connectivity index (χ1n) is 22.4. The topological polar surface area (TPSA) is 38.7 Å². The molecule has 3 heteroatoms. The predicted octanol–water partition coefficient (Wildman–Crippen LogP) is 16.7. The van der Waals surface area contributed by atoms with Crippen LogP contribution in [0.2, 0.25) is 0 Å². The third-order valence-electron chi connectivity index (χ3n) is 12.7. The maximum atomic E-state index is 5.33. The lowest BCUT2D eigenvalue weighted by molar-refractivity contribution is 1.07. The normalized spacial score (nSPS) is 11.3. The molecule has 3 nitrogen and oxygen atoms in total. The third kappa shape index (κ3) is 7.19. The summed E-state index contributed by atoms with van der Waals surface area (Å²) in [5, 5.41) is 7.19. The average Bonchev–Trinajstić information content (AvgIpc) is 3.40. The van der Waals surface area contributed by atoms with Gasteiger partial charge in [-0.15, -0.1) is 0 Å². The molecule has 12 rings (SSSR count). The summed E-state index contributed by atoms with van der Waals surface area (Å²) in [5.41, 5.74) is 14.3. The molecule has 0 aliphatic rings. The minimum absolute atomic E-state index is 0.610. The quantitative estimate of drug-likeness (QED) is 0.153. The first-order chi connectivity index (χ1) is 32.7. The highest BCUT2D eigenvalue weighted by atomic mass is 15.0. The van der Waals surface area contributed by atoms with Crippen LogP contribution in [0.3, 0.4) is 0 Å². The molecule has 0 saturated carbocycles. The summed E-state index contributed by atoms with van der Waals surface area (Å²) in [6.07, 6.45) is 0. The van der Waals surface area contributed by atoms with Gasteiger partial charge in [0.05, 0.1) is 0 Å². The van der Waals surface area contributed by atoms with Crippen LogP contribution < -0.4 is 0 Å². The van der Waals surface area contributed by atoms with E-state index in [0.717, 1.165) is 44.5 Å². The Morgan fingerprint density at radius 2 is 0.591 bits per heavy atom. The van der Waals surface area contributed by atoms with Crippen molar-refractivity contribution in [3.05, 3.63) is 249 Å². The standard InChI is InChI=1S/C63H41N3/c1-3-17-42(18-4-1)52-37-38-53(55-29-12-11-28-54(52)55)49-25-15-26-50(39-49)62-64-61(65-63(66-62)58-31-14-13-30-57(58)56-32-16-24-43-21-9-10-27-51(43)56)46-35-33-45(34-36-46)60-41-48-23-8-7-22-47(48)40-59(60)44-19-5-2-6-20-44/h1-41H. The van der Waals surface area contributed by atoms with E-state index < -0.39 is 0 Å². The zero-order chi connectivity index (χ0) is 43.8. The molecule has 0 saturated heterocycles. The molecule has 0 N–H and O–H groups in total. The lowest BCUT2D eigenvalue weighted by Gasteiger charge is -2.15. The number of fused-ring (bicyclic) bond motifs is 3. The van der Waals surface area contributed by atoms with Gasteiger partial charge in [0.25, 0.3) is 0 Å². The lowest BCUT2D eigenvalue weighted by atomic mass is 9.91. The van der Waals surface area contributed by atoms with Gasteiger partial charge in [0.1, 0.15) is 0 Å². The van der Waals surface area contributed by atoms with Crippen LogP contribution in [0.4, 0.5) is 0 Å². The van der Waals surface area contributed by atoms with Crippen molar-refractivity contribution in [3.63, 3.8) is 0 Å². The highest BCUT2D eigenvalue weighted by molar-refractivity contribution is 6.05. The van der Waals surface area contributed by atoms with Crippen molar-refractivity contribution in [1.82, 2.24) is 15.0 Å². The highest BCUT2D eigenvalue weighted by Crippen LogP contribution is 2.40. The molecule has 1 aromatic heterocycles. The number of benzene rings is 11. The molecular weight excluding hydrogens is 799 g/mol. The molecule has 308 valence electrons. The molecule has 66 heavy (non-hydrogen) atoms. The van der Waals surface area contributed by atoms with Gasteiger partial charge in [-0.3, -0.25) is 0 Å². The van der Waals surface area contributed by atoms with Crippen molar-refractivity contribution < 1.29 is 0 Å². The zero-order valence-corrected chi connectivity index (χ0v) is 36.0. The molecule has 0 fully saturated rings. The van der Waals surface area contributed by atoms with Gasteiger partial charge in [-0.1, -0.05) is 231 Å². The van der Waals surface area contributed by atoms with Crippen molar-refractivity contribution in [2.24, 2.45) is 0 Å². The van der Waals surface area contributed by atoms with Crippen LogP contribution >= 0.6 is 0 Å². The molecule has 0 bridgehead atoms. The second-order valence-corrected chi connectivity index (χ2v) is 16.7. The largest absolute Gasteiger partial charge is 0.208 e. The van der Waals surface area contributed by atoms with Crippen LogP contribution in [0.5, 0.6) is 0 Å². The monoisotopic (exact) mass is 839 g/mol. The zero-order valence-electron chi connectivity index (χ0n) is 36.0. The van der Waals surface area contributed by atoms with Gasteiger partial charge in [0.15, 0.2) is 17.5 Å². The van der Waals surface area contributed by atoms with E-state index >= 15 is 0 Å². The van der Waals surface area contributed by atoms with Gasteiger partial charge in [0, 0.05) is 16.7 Å². The summed E-state index contributed by atoms with van der Waals surface area (Å²) in [6.45, 7) is 0. The number of nitrogens with zero attached hydrogens (tertiary/aromatic N) is 3.